The summed E-state index contributed by atoms with van der Waals surface area (Å²) in [6, 6.07) is 21.1. The van der Waals surface area contributed by atoms with Gasteiger partial charge in [0.1, 0.15) is 11.5 Å². The van der Waals surface area contributed by atoms with Crippen LogP contribution in [-0.4, -0.2) is 17.0 Å². The Bertz CT molecular complexity index is 1000. The van der Waals surface area contributed by atoms with Crippen molar-refractivity contribution in [3.05, 3.63) is 89.5 Å². The Morgan fingerprint density at radius 1 is 0.828 bits per heavy atom. The monoisotopic (exact) mass is 389 g/mol. The molecule has 0 aliphatic carbocycles. The number of amides is 1. The van der Waals surface area contributed by atoms with Crippen molar-refractivity contribution in [2.24, 2.45) is 0 Å². The molecule has 0 aliphatic heterocycles. The third-order valence-electron chi connectivity index (χ3n) is 4.91. The molecule has 0 bridgehead atoms. The zero-order valence-electron chi connectivity index (χ0n) is 16.6. The van der Waals surface area contributed by atoms with E-state index in [1.165, 1.54) is 6.92 Å². The normalized spacial score (nSPS) is 11.0. The number of carbonyl (C=O) groups is 2. The summed E-state index contributed by atoms with van der Waals surface area (Å²) >= 11 is 0. The van der Waals surface area contributed by atoms with E-state index in [4.69, 9.17) is 4.74 Å². The molecule has 148 valence electrons. The highest BCUT2D eigenvalue weighted by atomic mass is 16.6. The molecule has 3 aromatic carbocycles. The number of hydrogen-bond acceptors (Lipinski definition) is 4. The van der Waals surface area contributed by atoms with Crippen molar-refractivity contribution in [3.63, 3.8) is 0 Å². The minimum Gasteiger partial charge on any atom is -0.508 e. The molecule has 2 N–H and O–H groups in total. The van der Waals surface area contributed by atoms with Gasteiger partial charge in [0, 0.05) is 16.7 Å². The zero-order chi connectivity index (χ0) is 21.0. The maximum Gasteiger partial charge on any atom is 0.417 e. The smallest absolute Gasteiger partial charge is 0.417 e. The SMILES string of the molecule is CC(=O)c1ccc(OC(=O)Nc2ccc(C(C)(C)c3ccc(O)cc3)cc2)cc1. The molecule has 1 amide bonds. The second-order valence-electron chi connectivity index (χ2n) is 7.34. The van der Waals surface area contributed by atoms with Crippen LogP contribution in [0.3, 0.4) is 0 Å². The Morgan fingerprint density at radius 2 is 1.34 bits per heavy atom. The zero-order valence-corrected chi connectivity index (χ0v) is 16.6. The van der Waals surface area contributed by atoms with E-state index in [9.17, 15) is 14.7 Å². The molecular formula is C24H23NO4. The lowest BCUT2D eigenvalue weighted by Crippen LogP contribution is -2.19. The second-order valence-corrected chi connectivity index (χ2v) is 7.34. The molecular weight excluding hydrogens is 366 g/mol. The van der Waals surface area contributed by atoms with Gasteiger partial charge in [-0.05, 0) is 66.6 Å². The lowest BCUT2D eigenvalue weighted by atomic mass is 9.78. The lowest BCUT2D eigenvalue weighted by molar-refractivity contribution is 0.101. The summed E-state index contributed by atoms with van der Waals surface area (Å²) < 4.78 is 5.25. The Morgan fingerprint density at radius 3 is 1.86 bits per heavy atom. The lowest BCUT2D eigenvalue weighted by Gasteiger charge is -2.26. The van der Waals surface area contributed by atoms with Crippen LogP contribution < -0.4 is 10.1 Å². The van der Waals surface area contributed by atoms with Gasteiger partial charge in [0.15, 0.2) is 5.78 Å². The molecule has 0 aliphatic rings. The second kappa shape index (κ2) is 8.19. The van der Waals surface area contributed by atoms with E-state index in [-0.39, 0.29) is 16.9 Å². The number of anilines is 1. The minimum absolute atomic E-state index is 0.0451. The number of nitrogens with one attached hydrogen (secondary N) is 1. The summed E-state index contributed by atoms with van der Waals surface area (Å²) in [6.07, 6.45) is -0.605. The van der Waals surface area contributed by atoms with Crippen molar-refractivity contribution < 1.29 is 19.4 Å². The van der Waals surface area contributed by atoms with Crippen LogP contribution in [0.4, 0.5) is 10.5 Å². The van der Waals surface area contributed by atoms with Crippen molar-refractivity contribution in [1.82, 2.24) is 0 Å². The molecule has 3 rings (SSSR count). The van der Waals surface area contributed by atoms with Crippen molar-refractivity contribution in [2.75, 3.05) is 5.32 Å². The number of ketones is 1. The molecule has 0 radical (unpaired) electrons. The van der Waals surface area contributed by atoms with Crippen molar-refractivity contribution in [2.45, 2.75) is 26.2 Å². The van der Waals surface area contributed by atoms with Gasteiger partial charge in [-0.2, -0.15) is 0 Å². The fourth-order valence-corrected chi connectivity index (χ4v) is 3.02. The minimum atomic E-state index is -0.605. The number of aromatic hydroxyl groups is 1. The molecule has 0 unspecified atom stereocenters. The van der Waals surface area contributed by atoms with Gasteiger partial charge >= 0.3 is 6.09 Å². The van der Waals surface area contributed by atoms with Gasteiger partial charge in [-0.1, -0.05) is 38.1 Å². The quantitative estimate of drug-likeness (QED) is 0.563. The van der Waals surface area contributed by atoms with E-state index in [1.54, 1.807) is 36.4 Å². The fourth-order valence-electron chi connectivity index (χ4n) is 3.02. The summed E-state index contributed by atoms with van der Waals surface area (Å²) in [7, 11) is 0. The molecule has 5 heteroatoms. The number of ether oxygens (including phenoxy) is 1. The van der Waals surface area contributed by atoms with Gasteiger partial charge in [0.2, 0.25) is 0 Å². The molecule has 5 nitrogen and oxygen atoms in total. The molecule has 0 fully saturated rings. The van der Waals surface area contributed by atoms with Crippen molar-refractivity contribution >= 4 is 17.6 Å². The highest BCUT2D eigenvalue weighted by Crippen LogP contribution is 2.32. The standard InChI is InChI=1S/C24H23NO4/c1-16(26)17-4-14-22(15-5-17)29-23(28)25-20-10-6-18(7-11-20)24(2,3)19-8-12-21(27)13-9-19/h4-15,27H,1-3H3,(H,25,28). The third-order valence-corrected chi connectivity index (χ3v) is 4.91. The highest BCUT2D eigenvalue weighted by molar-refractivity contribution is 5.94. The largest absolute Gasteiger partial charge is 0.508 e. The van der Waals surface area contributed by atoms with E-state index in [1.807, 2.05) is 36.4 Å². The Kier molecular flexibility index (Phi) is 5.69. The molecule has 0 atom stereocenters. The number of rotatable bonds is 5. The summed E-state index contributed by atoms with van der Waals surface area (Å²) in [6.45, 7) is 5.68. The summed E-state index contributed by atoms with van der Waals surface area (Å²) in [5.74, 6) is 0.549. The van der Waals surface area contributed by atoms with Gasteiger partial charge in [0.05, 0.1) is 0 Å². The number of phenolic OH excluding ortho intramolecular Hbond substituents is 1. The Balaban J connectivity index is 1.66. The molecule has 0 aromatic heterocycles. The van der Waals surface area contributed by atoms with Crippen molar-refractivity contribution in [3.8, 4) is 11.5 Å². The number of hydrogen-bond donors (Lipinski definition) is 2. The summed E-state index contributed by atoms with van der Waals surface area (Å²) in [4.78, 5) is 23.4. The first kappa shape index (κ1) is 20.1. The Hall–Kier alpha value is -3.60. The average molecular weight is 389 g/mol. The van der Waals surface area contributed by atoms with Gasteiger partial charge in [-0.15, -0.1) is 0 Å². The van der Waals surface area contributed by atoms with Crippen LogP contribution in [0.2, 0.25) is 0 Å². The summed E-state index contributed by atoms with van der Waals surface area (Å²) in [5, 5.41) is 12.2. The van der Waals surface area contributed by atoms with E-state index in [0.29, 0.717) is 17.0 Å². The molecule has 3 aromatic rings. The van der Waals surface area contributed by atoms with Crippen LogP contribution in [0.5, 0.6) is 11.5 Å². The van der Waals surface area contributed by atoms with Gasteiger partial charge in [-0.25, -0.2) is 4.79 Å². The maximum absolute atomic E-state index is 12.1. The van der Waals surface area contributed by atoms with Crippen LogP contribution in [0, 0.1) is 0 Å². The van der Waals surface area contributed by atoms with Gasteiger partial charge < -0.3 is 9.84 Å². The average Bonchev–Trinajstić information content (AvgIpc) is 2.69. The number of benzene rings is 3. The van der Waals surface area contributed by atoms with Crippen LogP contribution in [0.25, 0.3) is 0 Å². The number of phenols is 1. The van der Waals surface area contributed by atoms with Crippen LogP contribution in [-0.2, 0) is 5.41 Å². The van der Waals surface area contributed by atoms with Crippen LogP contribution >= 0.6 is 0 Å². The molecule has 0 saturated heterocycles. The first-order valence-electron chi connectivity index (χ1n) is 9.25. The molecule has 0 spiro atoms. The first-order chi connectivity index (χ1) is 13.8. The topological polar surface area (TPSA) is 75.6 Å². The molecule has 0 heterocycles. The van der Waals surface area contributed by atoms with Crippen LogP contribution in [0.1, 0.15) is 42.3 Å². The van der Waals surface area contributed by atoms with E-state index < -0.39 is 6.09 Å². The predicted molar refractivity (Wildman–Crippen MR) is 113 cm³/mol. The highest BCUT2D eigenvalue weighted by Gasteiger charge is 2.23. The van der Waals surface area contributed by atoms with E-state index in [2.05, 4.69) is 19.2 Å². The maximum atomic E-state index is 12.1. The van der Waals surface area contributed by atoms with Gasteiger partial charge in [0.25, 0.3) is 0 Å². The van der Waals surface area contributed by atoms with Crippen molar-refractivity contribution in [1.29, 1.82) is 0 Å². The van der Waals surface area contributed by atoms with Crippen LogP contribution in [0.15, 0.2) is 72.8 Å². The van der Waals surface area contributed by atoms with E-state index >= 15 is 0 Å². The van der Waals surface area contributed by atoms with E-state index in [0.717, 1.165) is 11.1 Å². The summed E-state index contributed by atoms with van der Waals surface area (Å²) in [5.41, 5.74) is 3.06. The number of carbonyl (C=O) groups excluding carboxylic acids is 2. The predicted octanol–water partition coefficient (Wildman–Crippen LogP) is 5.53. The Labute approximate surface area is 170 Å². The molecule has 0 saturated carbocycles. The number of Topliss-reactive ketones (excluding diaryl/α,β-unsaturated/α-hetero) is 1. The third kappa shape index (κ3) is 4.82. The first-order valence-corrected chi connectivity index (χ1v) is 9.25. The fraction of sp³-hybridized carbons (Fsp3) is 0.167. The van der Waals surface area contributed by atoms with Gasteiger partial charge in [-0.3, -0.25) is 10.1 Å². The molecule has 29 heavy (non-hydrogen) atoms.